The number of rotatable bonds is 9. The average Bonchev–Trinajstić information content (AvgIpc) is 3.08. The Morgan fingerprint density at radius 1 is 1.10 bits per heavy atom. The van der Waals surface area contributed by atoms with Crippen molar-refractivity contribution in [1.29, 1.82) is 0 Å². The van der Waals surface area contributed by atoms with E-state index in [1.165, 1.54) is 6.92 Å². The quantitative estimate of drug-likeness (QED) is 0.308. The van der Waals surface area contributed by atoms with E-state index in [4.69, 9.17) is 5.11 Å². The smallest absolute Gasteiger partial charge is 0.253 e. The van der Waals surface area contributed by atoms with Gasteiger partial charge in [0.1, 0.15) is 6.29 Å². The highest BCUT2D eigenvalue weighted by atomic mass is 16.3. The maximum Gasteiger partial charge on any atom is 0.253 e. The SMILES string of the molecule is CC(C=O)NC(=O)CNC(=O)CCN1C(=O)C=CC1=O.CNc1ccc(CO)cc1. The van der Waals surface area contributed by atoms with E-state index in [0.717, 1.165) is 28.3 Å². The molecular weight excluding hydrogens is 392 g/mol. The van der Waals surface area contributed by atoms with Crippen molar-refractivity contribution in [2.75, 3.05) is 25.5 Å². The molecule has 30 heavy (non-hydrogen) atoms. The van der Waals surface area contributed by atoms with Crippen LogP contribution in [-0.4, -0.2) is 66.1 Å². The lowest BCUT2D eigenvalue weighted by Gasteiger charge is -2.13. The molecule has 0 spiro atoms. The molecule has 1 atom stereocenters. The zero-order chi connectivity index (χ0) is 22.5. The maximum absolute atomic E-state index is 11.4. The van der Waals surface area contributed by atoms with Gasteiger partial charge >= 0.3 is 0 Å². The number of nitrogens with zero attached hydrogens (tertiary/aromatic N) is 1. The highest BCUT2D eigenvalue weighted by Gasteiger charge is 2.23. The lowest BCUT2D eigenvalue weighted by Crippen LogP contribution is -2.42. The summed E-state index contributed by atoms with van der Waals surface area (Å²) in [6.07, 6.45) is 2.75. The Bertz CT molecular complexity index is 750. The number of imide groups is 1. The molecule has 1 unspecified atom stereocenters. The van der Waals surface area contributed by atoms with Gasteiger partial charge in [-0.15, -0.1) is 0 Å². The third-order valence-corrected chi connectivity index (χ3v) is 3.93. The Morgan fingerprint density at radius 2 is 1.70 bits per heavy atom. The normalized spacial score (nSPS) is 13.2. The van der Waals surface area contributed by atoms with Crippen molar-refractivity contribution in [2.24, 2.45) is 0 Å². The third kappa shape index (κ3) is 8.65. The van der Waals surface area contributed by atoms with Crippen LogP contribution in [0.2, 0.25) is 0 Å². The number of aliphatic hydroxyl groups excluding tert-OH is 1. The first-order valence-corrected chi connectivity index (χ1v) is 9.23. The molecule has 10 nitrogen and oxygen atoms in total. The van der Waals surface area contributed by atoms with E-state index in [1.807, 2.05) is 31.3 Å². The fourth-order valence-corrected chi connectivity index (χ4v) is 2.25. The van der Waals surface area contributed by atoms with Crippen molar-refractivity contribution in [3.05, 3.63) is 42.0 Å². The first-order chi connectivity index (χ1) is 14.3. The number of benzene rings is 1. The fraction of sp³-hybridized carbons (Fsp3) is 0.350. The van der Waals surface area contributed by atoms with Gasteiger partial charge in [0.2, 0.25) is 11.8 Å². The van der Waals surface area contributed by atoms with Gasteiger partial charge in [-0.25, -0.2) is 0 Å². The number of hydrogen-bond acceptors (Lipinski definition) is 7. The summed E-state index contributed by atoms with van der Waals surface area (Å²) in [4.78, 5) is 56.4. The van der Waals surface area contributed by atoms with Gasteiger partial charge in [0.05, 0.1) is 19.2 Å². The van der Waals surface area contributed by atoms with E-state index in [1.54, 1.807) is 0 Å². The predicted molar refractivity (Wildman–Crippen MR) is 109 cm³/mol. The number of carbonyl (C=O) groups is 5. The molecule has 1 aliphatic rings. The summed E-state index contributed by atoms with van der Waals surface area (Å²) in [7, 11) is 1.87. The van der Waals surface area contributed by atoms with Crippen molar-refractivity contribution in [3.8, 4) is 0 Å². The lowest BCUT2D eigenvalue weighted by molar-refractivity contribution is -0.137. The van der Waals surface area contributed by atoms with Crippen LogP contribution in [0.3, 0.4) is 0 Å². The molecule has 10 heteroatoms. The Kier molecular flexibility index (Phi) is 10.5. The summed E-state index contributed by atoms with van der Waals surface area (Å²) >= 11 is 0. The van der Waals surface area contributed by atoms with Crippen LogP contribution in [0.5, 0.6) is 0 Å². The summed E-state index contributed by atoms with van der Waals surface area (Å²) < 4.78 is 0. The molecule has 1 heterocycles. The van der Waals surface area contributed by atoms with Gasteiger partial charge in [-0.3, -0.25) is 24.1 Å². The predicted octanol–water partition coefficient (Wildman–Crippen LogP) is -0.658. The second-order valence-corrected chi connectivity index (χ2v) is 6.29. The first-order valence-electron chi connectivity index (χ1n) is 9.23. The Labute approximate surface area is 174 Å². The average molecular weight is 418 g/mol. The molecule has 1 aliphatic heterocycles. The van der Waals surface area contributed by atoms with Crippen LogP contribution in [0.4, 0.5) is 5.69 Å². The lowest BCUT2D eigenvalue weighted by atomic mass is 10.2. The van der Waals surface area contributed by atoms with Crippen LogP contribution >= 0.6 is 0 Å². The minimum Gasteiger partial charge on any atom is -0.392 e. The van der Waals surface area contributed by atoms with Gasteiger partial charge in [0.25, 0.3) is 11.8 Å². The van der Waals surface area contributed by atoms with Crippen LogP contribution in [0.1, 0.15) is 18.9 Å². The molecule has 1 aromatic carbocycles. The summed E-state index contributed by atoms with van der Waals surface area (Å²) in [5.41, 5.74) is 2.01. The number of nitrogens with one attached hydrogen (secondary N) is 3. The highest BCUT2D eigenvalue weighted by molar-refractivity contribution is 6.13. The zero-order valence-corrected chi connectivity index (χ0v) is 16.9. The van der Waals surface area contributed by atoms with E-state index in [2.05, 4.69) is 16.0 Å². The van der Waals surface area contributed by atoms with E-state index in [0.29, 0.717) is 6.29 Å². The number of carbonyl (C=O) groups excluding carboxylic acids is 5. The minimum atomic E-state index is -0.620. The summed E-state index contributed by atoms with van der Waals surface area (Å²) in [6.45, 7) is 1.31. The van der Waals surface area contributed by atoms with Crippen LogP contribution in [0, 0.1) is 0 Å². The standard InChI is InChI=1S/C12H15N3O5.C8H11NO/c1-8(7-16)14-10(18)6-13-9(17)4-5-15-11(19)2-3-12(15)20;1-9-8-4-2-7(6-10)3-5-8/h2-3,7-8H,4-6H2,1H3,(H,13,17)(H,14,18);2-5,9-10H,6H2,1H3. The van der Waals surface area contributed by atoms with Gasteiger partial charge in [0, 0.05) is 37.9 Å². The molecule has 4 amide bonds. The van der Waals surface area contributed by atoms with Gasteiger partial charge in [-0.2, -0.15) is 0 Å². The van der Waals surface area contributed by atoms with Crippen molar-refractivity contribution in [2.45, 2.75) is 26.0 Å². The second-order valence-electron chi connectivity index (χ2n) is 6.29. The van der Waals surface area contributed by atoms with Crippen LogP contribution < -0.4 is 16.0 Å². The van der Waals surface area contributed by atoms with E-state index in [9.17, 15) is 24.0 Å². The Morgan fingerprint density at radius 3 is 2.20 bits per heavy atom. The Balaban J connectivity index is 0.000000375. The highest BCUT2D eigenvalue weighted by Crippen LogP contribution is 2.07. The molecule has 0 fully saturated rings. The van der Waals surface area contributed by atoms with Crippen LogP contribution in [0.15, 0.2) is 36.4 Å². The van der Waals surface area contributed by atoms with Crippen LogP contribution in [0.25, 0.3) is 0 Å². The number of aldehydes is 1. The molecule has 1 aromatic rings. The first kappa shape index (κ1) is 24.5. The van der Waals surface area contributed by atoms with Crippen molar-refractivity contribution >= 4 is 35.6 Å². The molecule has 4 N–H and O–H groups in total. The van der Waals surface area contributed by atoms with Gasteiger partial charge in [0.15, 0.2) is 0 Å². The molecule has 0 bridgehead atoms. The topological polar surface area (TPSA) is 145 Å². The van der Waals surface area contributed by atoms with Gasteiger partial charge in [-0.05, 0) is 24.6 Å². The molecule has 0 saturated carbocycles. The van der Waals surface area contributed by atoms with Crippen LogP contribution in [-0.2, 0) is 30.6 Å². The maximum atomic E-state index is 11.4. The van der Waals surface area contributed by atoms with E-state index >= 15 is 0 Å². The molecule has 162 valence electrons. The van der Waals surface area contributed by atoms with Crippen molar-refractivity contribution < 1.29 is 29.1 Å². The number of aliphatic hydroxyl groups is 1. The minimum absolute atomic E-state index is 0.0388. The van der Waals surface area contributed by atoms with Crippen molar-refractivity contribution in [1.82, 2.24) is 15.5 Å². The zero-order valence-electron chi connectivity index (χ0n) is 16.9. The summed E-state index contributed by atoms with van der Waals surface area (Å²) in [6, 6.07) is 7.04. The molecule has 2 rings (SSSR count). The number of hydrogen-bond donors (Lipinski definition) is 4. The molecule has 0 aromatic heterocycles. The molecular formula is C20H26N4O6. The Hall–Kier alpha value is -3.53. The molecule has 0 radical (unpaired) electrons. The third-order valence-electron chi connectivity index (χ3n) is 3.93. The number of amides is 4. The van der Waals surface area contributed by atoms with E-state index < -0.39 is 29.7 Å². The fourth-order valence-electron chi connectivity index (χ4n) is 2.25. The largest absolute Gasteiger partial charge is 0.392 e. The summed E-state index contributed by atoms with van der Waals surface area (Å²) in [5.74, 6) is -1.87. The number of anilines is 1. The van der Waals surface area contributed by atoms with Gasteiger partial charge in [-0.1, -0.05) is 12.1 Å². The summed E-state index contributed by atoms with van der Waals surface area (Å²) in [5, 5.41) is 16.4. The van der Waals surface area contributed by atoms with E-state index in [-0.39, 0.29) is 26.1 Å². The second kappa shape index (κ2) is 12.8. The van der Waals surface area contributed by atoms with Gasteiger partial charge < -0.3 is 25.9 Å². The monoisotopic (exact) mass is 418 g/mol. The molecule has 0 saturated heterocycles. The molecule has 0 aliphatic carbocycles. The van der Waals surface area contributed by atoms with Crippen molar-refractivity contribution in [3.63, 3.8) is 0 Å².